The number of anilines is 1. The second-order valence-electron chi connectivity index (χ2n) is 3.69. The van der Waals surface area contributed by atoms with E-state index in [1.807, 2.05) is 25.2 Å². The summed E-state index contributed by atoms with van der Waals surface area (Å²) in [6.45, 7) is 2.74. The third kappa shape index (κ3) is 4.27. The average molecular weight is 256 g/mol. The van der Waals surface area contributed by atoms with Crippen LogP contribution >= 0.6 is 11.6 Å². The molecule has 1 aliphatic heterocycles. The Kier molecular flexibility index (Phi) is 5.84. The van der Waals surface area contributed by atoms with Crippen LogP contribution in [0.3, 0.4) is 0 Å². The summed E-state index contributed by atoms with van der Waals surface area (Å²) in [4.78, 5) is 10.0. The molecule has 3 nitrogen and oxygen atoms in total. The van der Waals surface area contributed by atoms with Gasteiger partial charge < -0.3 is 10.1 Å². The Bertz CT molecular complexity index is 372. The molecule has 1 aromatic rings. The summed E-state index contributed by atoms with van der Waals surface area (Å²) in [6.07, 6.45) is 2.51. The molecule has 1 heterocycles. The predicted molar refractivity (Wildman–Crippen MR) is 70.6 cm³/mol. The van der Waals surface area contributed by atoms with Crippen molar-refractivity contribution in [2.45, 2.75) is 26.2 Å². The number of benzene rings is 1. The van der Waals surface area contributed by atoms with E-state index >= 15 is 0 Å². The second-order valence-corrected chi connectivity index (χ2v) is 4.10. The monoisotopic (exact) mass is 255 g/mol. The van der Waals surface area contributed by atoms with Gasteiger partial charge in [0.25, 0.3) is 0 Å². The highest BCUT2D eigenvalue weighted by Crippen LogP contribution is 2.23. The van der Waals surface area contributed by atoms with Gasteiger partial charge in [-0.25, -0.2) is 0 Å². The topological polar surface area (TPSA) is 38.3 Å². The number of cyclic esters (lactones) is 1. The summed E-state index contributed by atoms with van der Waals surface area (Å²) >= 11 is 5.97. The van der Waals surface area contributed by atoms with E-state index in [0.717, 1.165) is 23.6 Å². The maximum absolute atomic E-state index is 10.0. The van der Waals surface area contributed by atoms with E-state index in [9.17, 15) is 4.79 Å². The lowest BCUT2D eigenvalue weighted by Gasteiger charge is -2.07. The van der Waals surface area contributed by atoms with Crippen LogP contribution < -0.4 is 5.32 Å². The summed E-state index contributed by atoms with van der Waals surface area (Å²) < 4.78 is 4.51. The smallest absolute Gasteiger partial charge is 0.305 e. The molecule has 1 aromatic carbocycles. The van der Waals surface area contributed by atoms with Crippen LogP contribution in [0.2, 0.25) is 5.02 Å². The lowest BCUT2D eigenvalue weighted by molar-refractivity contribution is -0.137. The van der Waals surface area contributed by atoms with E-state index in [-0.39, 0.29) is 5.97 Å². The Balaban J connectivity index is 0.000000202. The van der Waals surface area contributed by atoms with Gasteiger partial charge in [0.2, 0.25) is 0 Å². The fourth-order valence-corrected chi connectivity index (χ4v) is 1.94. The molecule has 94 valence electrons. The Morgan fingerprint density at radius 3 is 2.59 bits per heavy atom. The molecule has 1 fully saturated rings. The maximum atomic E-state index is 10.0. The molecule has 2 rings (SSSR count). The van der Waals surface area contributed by atoms with Crippen LogP contribution in [-0.4, -0.2) is 19.6 Å². The first kappa shape index (κ1) is 13.8. The standard InChI is InChI=1S/C9H12ClN.C4H6O2/c1-3-7-8(10)5-4-6-9(7)11-2;5-4-2-1-3-6-4/h4-6,11H,3H2,1-2H3;1-3H2. The first-order chi connectivity index (χ1) is 8.19. The van der Waals surface area contributed by atoms with Gasteiger partial charge in [0.1, 0.15) is 0 Å². The van der Waals surface area contributed by atoms with Crippen LogP contribution in [0.25, 0.3) is 0 Å². The third-order valence-corrected chi connectivity index (χ3v) is 2.88. The number of hydrogen-bond donors (Lipinski definition) is 1. The van der Waals surface area contributed by atoms with E-state index in [2.05, 4.69) is 17.0 Å². The Hall–Kier alpha value is -1.22. The maximum Gasteiger partial charge on any atom is 0.305 e. The first-order valence-corrected chi connectivity index (χ1v) is 6.17. The molecular formula is C13H18ClNO2. The molecule has 0 spiro atoms. The molecule has 1 saturated heterocycles. The van der Waals surface area contributed by atoms with Crippen molar-refractivity contribution in [3.05, 3.63) is 28.8 Å². The van der Waals surface area contributed by atoms with Gasteiger partial charge in [-0.3, -0.25) is 4.79 Å². The van der Waals surface area contributed by atoms with E-state index in [4.69, 9.17) is 11.6 Å². The lowest BCUT2D eigenvalue weighted by atomic mass is 10.1. The van der Waals surface area contributed by atoms with Crippen LogP contribution in [0.15, 0.2) is 18.2 Å². The number of hydrogen-bond acceptors (Lipinski definition) is 3. The zero-order valence-corrected chi connectivity index (χ0v) is 11.0. The van der Waals surface area contributed by atoms with Crippen LogP contribution in [-0.2, 0) is 16.0 Å². The van der Waals surface area contributed by atoms with Crippen LogP contribution in [0.5, 0.6) is 0 Å². The number of rotatable bonds is 2. The van der Waals surface area contributed by atoms with Gasteiger partial charge in [-0.1, -0.05) is 24.6 Å². The highest BCUT2D eigenvalue weighted by molar-refractivity contribution is 6.31. The Morgan fingerprint density at radius 1 is 1.47 bits per heavy atom. The molecule has 0 saturated carbocycles. The number of carbonyl (C=O) groups is 1. The number of esters is 1. The highest BCUT2D eigenvalue weighted by atomic mass is 35.5. The van der Waals surface area contributed by atoms with Crippen molar-refractivity contribution in [3.8, 4) is 0 Å². The first-order valence-electron chi connectivity index (χ1n) is 5.79. The minimum Gasteiger partial charge on any atom is -0.466 e. The van der Waals surface area contributed by atoms with Crippen molar-refractivity contribution in [2.75, 3.05) is 19.0 Å². The highest BCUT2D eigenvalue weighted by Gasteiger charge is 2.08. The molecule has 0 atom stereocenters. The van der Waals surface area contributed by atoms with Crippen molar-refractivity contribution in [2.24, 2.45) is 0 Å². The summed E-state index contributed by atoms with van der Waals surface area (Å²) in [6, 6.07) is 5.90. The van der Waals surface area contributed by atoms with E-state index in [1.165, 1.54) is 5.56 Å². The Morgan fingerprint density at radius 2 is 2.24 bits per heavy atom. The molecule has 1 N–H and O–H groups in total. The molecule has 0 bridgehead atoms. The molecule has 0 radical (unpaired) electrons. The van der Waals surface area contributed by atoms with Crippen LogP contribution in [0.4, 0.5) is 5.69 Å². The van der Waals surface area contributed by atoms with Gasteiger partial charge in [0.15, 0.2) is 0 Å². The van der Waals surface area contributed by atoms with Gasteiger partial charge in [-0.2, -0.15) is 0 Å². The zero-order chi connectivity index (χ0) is 12.7. The van der Waals surface area contributed by atoms with Crippen molar-refractivity contribution in [1.29, 1.82) is 0 Å². The average Bonchev–Trinajstić information content (AvgIpc) is 2.80. The molecular weight excluding hydrogens is 238 g/mol. The second kappa shape index (κ2) is 7.17. The van der Waals surface area contributed by atoms with Gasteiger partial charge in [0.05, 0.1) is 6.61 Å². The Labute approximate surface area is 107 Å². The number of nitrogens with one attached hydrogen (secondary N) is 1. The zero-order valence-electron chi connectivity index (χ0n) is 10.3. The molecule has 0 unspecified atom stereocenters. The fraction of sp³-hybridized carbons (Fsp3) is 0.462. The molecule has 0 aromatic heterocycles. The van der Waals surface area contributed by atoms with Crippen LogP contribution in [0, 0.1) is 0 Å². The van der Waals surface area contributed by atoms with Gasteiger partial charge in [-0.15, -0.1) is 0 Å². The predicted octanol–water partition coefficient (Wildman–Crippen LogP) is 3.27. The SMILES string of the molecule is CCc1c(Cl)cccc1NC.O=C1CCCO1. The van der Waals surface area contributed by atoms with Gasteiger partial charge in [0, 0.05) is 24.2 Å². The number of halogens is 1. The largest absolute Gasteiger partial charge is 0.466 e. The minimum absolute atomic E-state index is 0.0463. The van der Waals surface area contributed by atoms with E-state index < -0.39 is 0 Å². The summed E-state index contributed by atoms with van der Waals surface area (Å²) in [7, 11) is 1.91. The third-order valence-electron chi connectivity index (χ3n) is 2.53. The quantitative estimate of drug-likeness (QED) is 0.825. The summed E-state index contributed by atoms with van der Waals surface area (Å²) in [5.41, 5.74) is 2.32. The van der Waals surface area contributed by atoms with Gasteiger partial charge >= 0.3 is 5.97 Å². The molecule has 1 aliphatic rings. The molecule has 4 heteroatoms. The van der Waals surface area contributed by atoms with E-state index in [1.54, 1.807) is 0 Å². The number of ether oxygens (including phenoxy) is 1. The summed E-state index contributed by atoms with van der Waals surface area (Å²) in [5, 5.41) is 3.95. The normalized spacial score (nSPS) is 13.7. The summed E-state index contributed by atoms with van der Waals surface area (Å²) in [5.74, 6) is -0.0463. The minimum atomic E-state index is -0.0463. The fourth-order valence-electron chi connectivity index (χ4n) is 1.63. The van der Waals surface area contributed by atoms with E-state index in [0.29, 0.717) is 13.0 Å². The van der Waals surface area contributed by atoms with Crippen LogP contribution in [0.1, 0.15) is 25.3 Å². The lowest BCUT2D eigenvalue weighted by Crippen LogP contribution is -1.94. The van der Waals surface area contributed by atoms with Crippen molar-refractivity contribution in [1.82, 2.24) is 0 Å². The van der Waals surface area contributed by atoms with Crippen molar-refractivity contribution in [3.63, 3.8) is 0 Å². The molecule has 0 amide bonds. The molecule has 0 aliphatic carbocycles. The number of carbonyl (C=O) groups excluding carboxylic acids is 1. The van der Waals surface area contributed by atoms with Gasteiger partial charge in [-0.05, 0) is 30.5 Å². The van der Waals surface area contributed by atoms with Crippen molar-refractivity contribution < 1.29 is 9.53 Å². The van der Waals surface area contributed by atoms with Crippen molar-refractivity contribution >= 4 is 23.3 Å². The molecule has 17 heavy (non-hydrogen) atoms.